The number of hydrogen-bond acceptors (Lipinski definition) is 4. The van der Waals surface area contributed by atoms with Crippen molar-refractivity contribution < 1.29 is 9.90 Å². The minimum Gasteiger partial charge on any atom is -0.508 e. The third-order valence-electron chi connectivity index (χ3n) is 3.58. The van der Waals surface area contributed by atoms with Gasteiger partial charge >= 0.3 is 0 Å². The molecule has 1 unspecified atom stereocenters. The average Bonchev–Trinajstić information content (AvgIpc) is 2.79. The number of carbonyl (C=O) groups excluding carboxylic acids is 1. The van der Waals surface area contributed by atoms with Crippen LogP contribution in [0.5, 0.6) is 5.75 Å². The van der Waals surface area contributed by atoms with E-state index in [2.05, 4.69) is 4.90 Å². The molecule has 1 aliphatic rings. The first-order valence-corrected chi connectivity index (χ1v) is 6.35. The van der Waals surface area contributed by atoms with Crippen molar-refractivity contribution in [3.63, 3.8) is 0 Å². The van der Waals surface area contributed by atoms with E-state index in [0.29, 0.717) is 18.0 Å². The van der Waals surface area contributed by atoms with Crippen molar-refractivity contribution in [2.75, 3.05) is 19.6 Å². The van der Waals surface area contributed by atoms with Gasteiger partial charge in [0.05, 0.1) is 0 Å². The first kappa shape index (κ1) is 13.1. The third-order valence-corrected chi connectivity index (χ3v) is 3.58. The summed E-state index contributed by atoms with van der Waals surface area (Å²) >= 11 is 0. The number of carbonyl (C=O) groups is 1. The maximum Gasteiger partial charge on any atom is 0.159 e. The van der Waals surface area contributed by atoms with Gasteiger partial charge < -0.3 is 10.8 Å². The summed E-state index contributed by atoms with van der Waals surface area (Å²) in [4.78, 5) is 13.6. The zero-order chi connectivity index (χ0) is 13.1. The van der Waals surface area contributed by atoms with E-state index in [9.17, 15) is 9.90 Å². The normalized spacial score (nSPS) is 20.2. The number of rotatable bonds is 4. The Morgan fingerprint density at radius 1 is 1.56 bits per heavy atom. The molecule has 0 saturated carbocycles. The number of aromatic hydroxyl groups is 1. The van der Waals surface area contributed by atoms with Crippen molar-refractivity contribution in [3.05, 3.63) is 29.3 Å². The molecule has 1 aromatic carbocycles. The lowest BCUT2D eigenvalue weighted by atomic mass is 10.1. The number of Topliss-reactive ketones (excluding diaryl/α,β-unsaturated/α-hetero) is 1. The van der Waals surface area contributed by atoms with E-state index in [1.807, 2.05) is 0 Å². The molecule has 1 saturated heterocycles. The van der Waals surface area contributed by atoms with Gasteiger partial charge in [-0.05, 0) is 50.6 Å². The number of nitrogens with zero attached hydrogens (tertiary/aromatic N) is 1. The van der Waals surface area contributed by atoms with E-state index in [4.69, 9.17) is 5.73 Å². The summed E-state index contributed by atoms with van der Waals surface area (Å²) in [7, 11) is 0. The highest BCUT2D eigenvalue weighted by Gasteiger charge is 2.22. The first-order valence-electron chi connectivity index (χ1n) is 6.35. The molecule has 4 nitrogen and oxygen atoms in total. The number of benzene rings is 1. The Kier molecular flexibility index (Phi) is 3.99. The van der Waals surface area contributed by atoms with Crippen molar-refractivity contribution in [3.8, 4) is 5.75 Å². The van der Waals surface area contributed by atoms with Crippen molar-refractivity contribution in [1.29, 1.82) is 0 Å². The van der Waals surface area contributed by atoms with E-state index in [1.54, 1.807) is 18.2 Å². The second kappa shape index (κ2) is 5.50. The molecule has 0 aromatic heterocycles. The van der Waals surface area contributed by atoms with Crippen molar-refractivity contribution in [2.24, 2.45) is 11.7 Å². The Bertz CT molecular complexity index is 445. The van der Waals surface area contributed by atoms with E-state index < -0.39 is 0 Å². The number of nitrogens with two attached hydrogens (primary N) is 1. The molecule has 4 heteroatoms. The van der Waals surface area contributed by atoms with Crippen LogP contribution in [-0.2, 0) is 6.54 Å². The second-order valence-corrected chi connectivity index (χ2v) is 5.03. The van der Waals surface area contributed by atoms with Gasteiger partial charge in [-0.2, -0.15) is 0 Å². The van der Waals surface area contributed by atoms with Crippen LogP contribution in [0.1, 0.15) is 29.3 Å². The molecule has 1 aliphatic heterocycles. The van der Waals surface area contributed by atoms with Crippen molar-refractivity contribution in [2.45, 2.75) is 19.9 Å². The van der Waals surface area contributed by atoms with Gasteiger partial charge in [0.15, 0.2) is 5.78 Å². The van der Waals surface area contributed by atoms with E-state index >= 15 is 0 Å². The molecule has 2 rings (SSSR count). The Labute approximate surface area is 107 Å². The summed E-state index contributed by atoms with van der Waals surface area (Å²) < 4.78 is 0. The Hall–Kier alpha value is -1.39. The first-order chi connectivity index (χ1) is 8.60. The van der Waals surface area contributed by atoms with E-state index in [0.717, 1.165) is 31.6 Å². The molecule has 0 bridgehead atoms. The highest BCUT2D eigenvalue weighted by atomic mass is 16.3. The van der Waals surface area contributed by atoms with Gasteiger partial charge in [0.2, 0.25) is 0 Å². The molecule has 0 spiro atoms. The van der Waals surface area contributed by atoms with Crippen molar-refractivity contribution >= 4 is 5.78 Å². The number of phenols is 1. The van der Waals surface area contributed by atoms with Crippen LogP contribution in [0.2, 0.25) is 0 Å². The van der Waals surface area contributed by atoms with Crippen LogP contribution in [-0.4, -0.2) is 35.4 Å². The Balaban J connectivity index is 2.09. The number of ketones is 1. The van der Waals surface area contributed by atoms with E-state index in [1.165, 1.54) is 6.92 Å². The molecule has 1 heterocycles. The molecule has 1 atom stereocenters. The molecule has 0 aliphatic carbocycles. The largest absolute Gasteiger partial charge is 0.508 e. The van der Waals surface area contributed by atoms with Crippen LogP contribution in [0, 0.1) is 5.92 Å². The average molecular weight is 248 g/mol. The molecule has 0 radical (unpaired) electrons. The van der Waals surface area contributed by atoms with Crippen LogP contribution in [0.15, 0.2) is 18.2 Å². The third kappa shape index (κ3) is 2.89. The van der Waals surface area contributed by atoms with Crippen LogP contribution in [0.3, 0.4) is 0 Å². The summed E-state index contributed by atoms with van der Waals surface area (Å²) in [5, 5.41) is 9.84. The van der Waals surface area contributed by atoms with E-state index in [-0.39, 0.29) is 11.5 Å². The van der Waals surface area contributed by atoms with Crippen LogP contribution in [0.4, 0.5) is 0 Å². The predicted octanol–water partition coefficient (Wildman–Crippen LogP) is 1.38. The zero-order valence-electron chi connectivity index (χ0n) is 10.7. The maximum absolute atomic E-state index is 11.3. The molecule has 3 N–H and O–H groups in total. The van der Waals surface area contributed by atoms with Gasteiger partial charge in [0.25, 0.3) is 0 Å². The molecule has 1 fully saturated rings. The topological polar surface area (TPSA) is 66.6 Å². The molecule has 1 aromatic rings. The van der Waals surface area contributed by atoms with Gasteiger partial charge in [-0.1, -0.05) is 0 Å². The molecular formula is C14H20N2O2. The fourth-order valence-electron chi connectivity index (χ4n) is 2.42. The molecule has 98 valence electrons. The van der Waals surface area contributed by atoms with Gasteiger partial charge in [-0.3, -0.25) is 9.69 Å². The van der Waals surface area contributed by atoms with Gasteiger partial charge in [-0.15, -0.1) is 0 Å². The maximum atomic E-state index is 11.3. The highest BCUT2D eigenvalue weighted by molar-refractivity contribution is 5.94. The van der Waals surface area contributed by atoms with Gasteiger partial charge in [0, 0.05) is 24.2 Å². The Morgan fingerprint density at radius 2 is 2.33 bits per heavy atom. The molecule has 0 amide bonds. The summed E-state index contributed by atoms with van der Waals surface area (Å²) in [5.41, 5.74) is 7.13. The Morgan fingerprint density at radius 3 is 2.94 bits per heavy atom. The molecular weight excluding hydrogens is 228 g/mol. The SMILES string of the molecule is CC(=O)c1ccc(O)c(CN2CCC(CN)C2)c1. The lowest BCUT2D eigenvalue weighted by molar-refractivity contribution is 0.101. The standard InChI is InChI=1S/C14H20N2O2/c1-10(17)12-2-3-14(18)13(6-12)9-16-5-4-11(7-15)8-16/h2-3,6,11,18H,4-5,7-9,15H2,1H3. The lowest BCUT2D eigenvalue weighted by Gasteiger charge is -2.17. The summed E-state index contributed by atoms with van der Waals surface area (Å²) in [5.74, 6) is 0.844. The smallest absolute Gasteiger partial charge is 0.159 e. The summed E-state index contributed by atoms with van der Waals surface area (Å²) in [6, 6.07) is 5.05. The fraction of sp³-hybridized carbons (Fsp3) is 0.500. The monoisotopic (exact) mass is 248 g/mol. The fourth-order valence-corrected chi connectivity index (χ4v) is 2.42. The van der Waals surface area contributed by atoms with Gasteiger partial charge in [0.1, 0.15) is 5.75 Å². The highest BCUT2D eigenvalue weighted by Crippen LogP contribution is 2.24. The lowest BCUT2D eigenvalue weighted by Crippen LogP contribution is -2.22. The second-order valence-electron chi connectivity index (χ2n) is 5.03. The predicted molar refractivity (Wildman–Crippen MR) is 70.5 cm³/mol. The number of hydrogen-bond donors (Lipinski definition) is 2. The minimum atomic E-state index is 0.0255. The zero-order valence-corrected chi connectivity index (χ0v) is 10.7. The summed E-state index contributed by atoms with van der Waals surface area (Å²) in [6.07, 6.45) is 1.11. The molecule has 18 heavy (non-hydrogen) atoms. The quantitative estimate of drug-likeness (QED) is 0.790. The van der Waals surface area contributed by atoms with Crippen LogP contribution in [0.25, 0.3) is 0 Å². The van der Waals surface area contributed by atoms with Crippen LogP contribution < -0.4 is 5.73 Å². The number of phenolic OH excluding ortho intramolecular Hbond substituents is 1. The van der Waals surface area contributed by atoms with Crippen LogP contribution >= 0.6 is 0 Å². The number of likely N-dealkylation sites (tertiary alicyclic amines) is 1. The summed E-state index contributed by atoms with van der Waals surface area (Å²) in [6.45, 7) is 4.92. The minimum absolute atomic E-state index is 0.0255. The van der Waals surface area contributed by atoms with Crippen molar-refractivity contribution in [1.82, 2.24) is 4.90 Å². The van der Waals surface area contributed by atoms with Gasteiger partial charge in [-0.25, -0.2) is 0 Å².